The molecule has 1 heterocycles. The first-order chi connectivity index (χ1) is 8.66. The van der Waals surface area contributed by atoms with Crippen LogP contribution in [0.2, 0.25) is 0 Å². The number of urea groups is 1. The Bertz CT molecular complexity index is 444. The number of anilines is 1. The molecule has 18 heavy (non-hydrogen) atoms. The second kappa shape index (κ2) is 5.39. The summed E-state index contributed by atoms with van der Waals surface area (Å²) in [7, 11) is 0. The van der Waals surface area contributed by atoms with E-state index in [4.69, 9.17) is 9.84 Å². The molecule has 6 heteroatoms. The van der Waals surface area contributed by atoms with Crippen molar-refractivity contribution in [2.75, 3.05) is 24.6 Å². The highest BCUT2D eigenvalue weighted by Crippen LogP contribution is 2.20. The average Bonchev–Trinajstić information content (AvgIpc) is 2.38. The predicted molar refractivity (Wildman–Crippen MR) is 64.9 cm³/mol. The second-order valence-corrected chi connectivity index (χ2v) is 3.91. The molecule has 1 aliphatic heterocycles. The lowest BCUT2D eigenvalue weighted by Gasteiger charge is -2.27. The van der Waals surface area contributed by atoms with Crippen LogP contribution in [-0.2, 0) is 4.79 Å². The molecular formula is C12H14N2O4. The molecule has 0 spiro atoms. The first-order valence-electron chi connectivity index (χ1n) is 5.67. The molecule has 1 aromatic rings. The molecule has 0 radical (unpaired) electrons. The molecule has 0 saturated carbocycles. The minimum absolute atomic E-state index is 0.111. The van der Waals surface area contributed by atoms with Crippen LogP contribution in [0.3, 0.4) is 0 Å². The summed E-state index contributed by atoms with van der Waals surface area (Å²) in [6.07, 6.45) is 0.906. The van der Waals surface area contributed by atoms with Crippen LogP contribution in [-0.4, -0.2) is 36.8 Å². The smallest absolute Gasteiger partial charge is 0.341 e. The summed E-state index contributed by atoms with van der Waals surface area (Å²) >= 11 is 0. The van der Waals surface area contributed by atoms with Crippen LogP contribution in [0.15, 0.2) is 24.3 Å². The third-order valence-electron chi connectivity index (χ3n) is 2.59. The van der Waals surface area contributed by atoms with E-state index in [1.54, 1.807) is 29.2 Å². The fraction of sp³-hybridized carbons (Fsp3) is 0.333. The first-order valence-corrected chi connectivity index (χ1v) is 5.67. The Hall–Kier alpha value is -2.24. The van der Waals surface area contributed by atoms with Crippen LogP contribution in [0.1, 0.15) is 6.42 Å². The van der Waals surface area contributed by atoms with Gasteiger partial charge in [0.05, 0.1) is 0 Å². The van der Waals surface area contributed by atoms with Crippen molar-refractivity contribution in [1.82, 2.24) is 5.32 Å². The third kappa shape index (κ3) is 2.91. The average molecular weight is 250 g/mol. The lowest BCUT2D eigenvalue weighted by atomic mass is 10.2. The van der Waals surface area contributed by atoms with E-state index in [2.05, 4.69) is 5.32 Å². The van der Waals surface area contributed by atoms with Crippen molar-refractivity contribution >= 4 is 17.7 Å². The largest absolute Gasteiger partial charge is 0.482 e. The van der Waals surface area contributed by atoms with Gasteiger partial charge in [-0.15, -0.1) is 0 Å². The summed E-state index contributed by atoms with van der Waals surface area (Å²) in [6, 6.07) is 6.67. The molecule has 0 unspecified atom stereocenters. The lowest BCUT2D eigenvalue weighted by molar-refractivity contribution is -0.139. The molecule has 2 rings (SSSR count). The van der Waals surface area contributed by atoms with Crippen molar-refractivity contribution in [3.63, 3.8) is 0 Å². The number of hydrogen-bond donors (Lipinski definition) is 2. The molecule has 2 N–H and O–H groups in total. The summed E-state index contributed by atoms with van der Waals surface area (Å²) in [5.74, 6) is -0.548. The van der Waals surface area contributed by atoms with E-state index in [1.165, 1.54) is 0 Å². The Morgan fingerprint density at radius 1 is 1.39 bits per heavy atom. The number of ether oxygens (including phenoxy) is 1. The fourth-order valence-electron chi connectivity index (χ4n) is 1.74. The van der Waals surface area contributed by atoms with Gasteiger partial charge in [-0.25, -0.2) is 9.59 Å². The van der Waals surface area contributed by atoms with Gasteiger partial charge in [0.15, 0.2) is 6.61 Å². The standard InChI is InChI=1S/C12H14N2O4/c15-11(16)8-18-10-4-2-9(3-5-10)14-7-1-6-13-12(14)17/h2-5H,1,6-8H2,(H,13,17)(H,15,16). The normalized spacial score (nSPS) is 15.1. The second-order valence-electron chi connectivity index (χ2n) is 3.91. The Morgan fingerprint density at radius 3 is 2.72 bits per heavy atom. The highest BCUT2D eigenvalue weighted by molar-refractivity contribution is 5.92. The zero-order chi connectivity index (χ0) is 13.0. The number of nitrogens with zero attached hydrogens (tertiary/aromatic N) is 1. The lowest BCUT2D eigenvalue weighted by Crippen LogP contribution is -2.46. The van der Waals surface area contributed by atoms with Crippen LogP contribution in [0.25, 0.3) is 0 Å². The van der Waals surface area contributed by atoms with Crippen molar-refractivity contribution in [1.29, 1.82) is 0 Å². The molecule has 2 amide bonds. The molecule has 1 saturated heterocycles. The fourth-order valence-corrected chi connectivity index (χ4v) is 1.74. The van der Waals surface area contributed by atoms with Gasteiger partial charge < -0.3 is 15.2 Å². The SMILES string of the molecule is O=C(O)COc1ccc(N2CCCNC2=O)cc1. The monoisotopic (exact) mass is 250 g/mol. The minimum atomic E-state index is -1.02. The van der Waals surface area contributed by atoms with Gasteiger partial charge in [-0.1, -0.05) is 0 Å². The highest BCUT2D eigenvalue weighted by Gasteiger charge is 2.18. The van der Waals surface area contributed by atoms with Crippen molar-refractivity contribution in [2.24, 2.45) is 0 Å². The summed E-state index contributed by atoms with van der Waals surface area (Å²) in [5, 5.41) is 11.2. The number of amides is 2. The number of nitrogens with one attached hydrogen (secondary N) is 1. The summed E-state index contributed by atoms with van der Waals surface area (Å²) < 4.78 is 5.02. The molecule has 96 valence electrons. The number of benzene rings is 1. The highest BCUT2D eigenvalue weighted by atomic mass is 16.5. The molecule has 1 fully saturated rings. The van der Waals surface area contributed by atoms with Gasteiger partial charge in [-0.3, -0.25) is 4.90 Å². The Balaban J connectivity index is 2.02. The minimum Gasteiger partial charge on any atom is -0.482 e. The topological polar surface area (TPSA) is 78.9 Å². The van der Waals surface area contributed by atoms with Crippen LogP contribution in [0.5, 0.6) is 5.75 Å². The number of carbonyl (C=O) groups excluding carboxylic acids is 1. The predicted octanol–water partition coefficient (Wildman–Crippen LogP) is 1.07. The first kappa shape index (κ1) is 12.2. The van der Waals surface area contributed by atoms with Crippen LogP contribution in [0, 0.1) is 0 Å². The molecule has 0 bridgehead atoms. The van der Waals surface area contributed by atoms with Crippen molar-refractivity contribution < 1.29 is 19.4 Å². The van der Waals surface area contributed by atoms with Gasteiger partial charge in [0, 0.05) is 18.8 Å². The summed E-state index contributed by atoms with van der Waals surface area (Å²) in [5.41, 5.74) is 0.773. The van der Waals surface area contributed by atoms with Gasteiger partial charge in [-0.2, -0.15) is 0 Å². The van der Waals surface area contributed by atoms with Gasteiger partial charge in [0.1, 0.15) is 5.75 Å². The number of carbonyl (C=O) groups is 2. The molecule has 0 atom stereocenters. The van der Waals surface area contributed by atoms with E-state index in [1.807, 2.05) is 0 Å². The molecule has 6 nitrogen and oxygen atoms in total. The van der Waals surface area contributed by atoms with Crippen molar-refractivity contribution in [2.45, 2.75) is 6.42 Å². The third-order valence-corrected chi connectivity index (χ3v) is 2.59. The zero-order valence-corrected chi connectivity index (χ0v) is 9.76. The summed E-state index contributed by atoms with van der Waals surface area (Å²) in [4.78, 5) is 23.6. The maximum absolute atomic E-state index is 11.6. The zero-order valence-electron chi connectivity index (χ0n) is 9.76. The summed E-state index contributed by atoms with van der Waals surface area (Å²) in [6.45, 7) is 1.01. The number of carboxylic acid groups (broad SMARTS) is 1. The van der Waals surface area contributed by atoms with E-state index >= 15 is 0 Å². The number of carboxylic acids is 1. The van der Waals surface area contributed by atoms with E-state index < -0.39 is 5.97 Å². The Morgan fingerprint density at radius 2 is 2.11 bits per heavy atom. The Kier molecular flexibility index (Phi) is 3.66. The molecule has 0 aromatic heterocycles. The van der Waals surface area contributed by atoms with Gasteiger partial charge in [-0.05, 0) is 30.7 Å². The Labute approximate surface area is 104 Å². The molecular weight excluding hydrogens is 236 g/mol. The molecule has 1 aliphatic rings. The van der Waals surface area contributed by atoms with Crippen LogP contribution >= 0.6 is 0 Å². The van der Waals surface area contributed by atoms with E-state index in [0.29, 0.717) is 18.8 Å². The van der Waals surface area contributed by atoms with Crippen molar-refractivity contribution in [3.8, 4) is 5.75 Å². The van der Waals surface area contributed by atoms with Gasteiger partial charge >= 0.3 is 12.0 Å². The number of rotatable bonds is 4. The quantitative estimate of drug-likeness (QED) is 0.837. The van der Waals surface area contributed by atoms with E-state index in [-0.39, 0.29) is 12.6 Å². The molecule has 0 aliphatic carbocycles. The number of aliphatic carboxylic acids is 1. The van der Waals surface area contributed by atoms with Crippen LogP contribution < -0.4 is 15.0 Å². The van der Waals surface area contributed by atoms with Crippen LogP contribution in [0.4, 0.5) is 10.5 Å². The van der Waals surface area contributed by atoms with E-state index in [0.717, 1.165) is 12.1 Å². The maximum Gasteiger partial charge on any atom is 0.341 e. The van der Waals surface area contributed by atoms with Gasteiger partial charge in [0.25, 0.3) is 0 Å². The number of hydrogen-bond acceptors (Lipinski definition) is 3. The van der Waals surface area contributed by atoms with Gasteiger partial charge in [0.2, 0.25) is 0 Å². The van der Waals surface area contributed by atoms with Crippen molar-refractivity contribution in [3.05, 3.63) is 24.3 Å². The van der Waals surface area contributed by atoms with E-state index in [9.17, 15) is 9.59 Å². The maximum atomic E-state index is 11.6. The molecule has 1 aromatic carbocycles.